The molecule has 0 heterocycles. The molecule has 7 heteroatoms. The first-order valence-electron chi connectivity index (χ1n) is 6.10. The second-order valence-electron chi connectivity index (χ2n) is 4.26. The molecule has 0 aliphatic rings. The largest absolute Gasteiger partial charge is 0.478 e. The molecule has 0 atom stereocenters. The Morgan fingerprint density at radius 3 is 2.62 bits per heavy atom. The van der Waals surface area contributed by atoms with Crippen LogP contribution in [-0.2, 0) is 10.9 Å². The predicted octanol–water partition coefficient (Wildman–Crippen LogP) is 3.04. The lowest BCUT2D eigenvalue weighted by Crippen LogP contribution is -2.29. The van der Waals surface area contributed by atoms with E-state index in [0.717, 1.165) is 12.1 Å². The van der Waals surface area contributed by atoms with Crippen molar-refractivity contribution in [3.05, 3.63) is 42.0 Å². The van der Waals surface area contributed by atoms with Crippen LogP contribution in [0.25, 0.3) is 0 Å². The zero-order chi connectivity index (χ0) is 16.0. The summed E-state index contributed by atoms with van der Waals surface area (Å²) in [7, 11) is 1.45. The first-order chi connectivity index (χ1) is 9.81. The summed E-state index contributed by atoms with van der Waals surface area (Å²) < 4.78 is 44.3. The maximum absolute atomic E-state index is 13.1. The van der Waals surface area contributed by atoms with Gasteiger partial charge in [-0.1, -0.05) is 6.08 Å². The normalized spacial score (nSPS) is 11.2. The van der Waals surface area contributed by atoms with Crippen molar-refractivity contribution in [2.75, 3.05) is 31.7 Å². The molecule has 21 heavy (non-hydrogen) atoms. The number of methoxy groups -OCH3 is 1. The summed E-state index contributed by atoms with van der Waals surface area (Å²) in [5.41, 5.74) is -1.49. The SMILES string of the molecule is C=CCN(CCOC)c1ccc(C(=O)O)cc1C(F)(F)F. The van der Waals surface area contributed by atoms with Crippen LogP contribution >= 0.6 is 0 Å². The molecule has 0 fully saturated rings. The van der Waals surface area contributed by atoms with E-state index in [2.05, 4.69) is 6.58 Å². The van der Waals surface area contributed by atoms with Gasteiger partial charge in [0.1, 0.15) is 0 Å². The number of rotatable bonds is 7. The van der Waals surface area contributed by atoms with Crippen molar-refractivity contribution in [1.82, 2.24) is 0 Å². The molecule has 1 aromatic carbocycles. The molecular formula is C14H16F3NO3. The monoisotopic (exact) mass is 303 g/mol. The molecule has 0 unspecified atom stereocenters. The second kappa shape index (κ2) is 7.12. The molecule has 0 aliphatic carbocycles. The van der Waals surface area contributed by atoms with Crippen LogP contribution in [0.15, 0.2) is 30.9 Å². The van der Waals surface area contributed by atoms with Crippen molar-refractivity contribution in [2.24, 2.45) is 0 Å². The maximum Gasteiger partial charge on any atom is 0.418 e. The highest BCUT2D eigenvalue weighted by molar-refractivity contribution is 5.88. The molecule has 1 N–H and O–H groups in total. The van der Waals surface area contributed by atoms with Crippen LogP contribution in [0.5, 0.6) is 0 Å². The van der Waals surface area contributed by atoms with Crippen LogP contribution in [-0.4, -0.2) is 37.9 Å². The number of aromatic carboxylic acids is 1. The van der Waals surface area contributed by atoms with Gasteiger partial charge in [-0.15, -0.1) is 6.58 Å². The lowest BCUT2D eigenvalue weighted by Gasteiger charge is -2.26. The molecule has 0 saturated carbocycles. The van der Waals surface area contributed by atoms with Gasteiger partial charge in [-0.3, -0.25) is 0 Å². The summed E-state index contributed by atoms with van der Waals surface area (Å²) in [6, 6.07) is 2.95. The molecule has 0 bridgehead atoms. The molecule has 0 aromatic heterocycles. The van der Waals surface area contributed by atoms with E-state index >= 15 is 0 Å². The second-order valence-corrected chi connectivity index (χ2v) is 4.26. The van der Waals surface area contributed by atoms with Gasteiger partial charge in [-0.25, -0.2) is 4.79 Å². The molecule has 0 spiro atoms. The summed E-state index contributed by atoms with van der Waals surface area (Å²) in [6.45, 7) is 4.18. The fourth-order valence-corrected chi connectivity index (χ4v) is 1.84. The Kier molecular flexibility index (Phi) is 5.78. The van der Waals surface area contributed by atoms with E-state index < -0.39 is 23.3 Å². The minimum Gasteiger partial charge on any atom is -0.478 e. The quantitative estimate of drug-likeness (QED) is 0.787. The van der Waals surface area contributed by atoms with Gasteiger partial charge in [0.05, 0.1) is 17.7 Å². The van der Waals surface area contributed by atoms with Gasteiger partial charge in [-0.05, 0) is 18.2 Å². The highest BCUT2D eigenvalue weighted by atomic mass is 19.4. The topological polar surface area (TPSA) is 49.8 Å². The van der Waals surface area contributed by atoms with Gasteiger partial charge in [0.2, 0.25) is 0 Å². The Hall–Kier alpha value is -2.02. The number of ether oxygens (including phenoxy) is 1. The van der Waals surface area contributed by atoms with E-state index in [-0.39, 0.29) is 25.4 Å². The van der Waals surface area contributed by atoms with Crippen molar-refractivity contribution >= 4 is 11.7 Å². The van der Waals surface area contributed by atoms with E-state index in [9.17, 15) is 18.0 Å². The van der Waals surface area contributed by atoms with E-state index in [1.807, 2.05) is 0 Å². The number of carboxylic acids is 1. The minimum absolute atomic E-state index is 0.0931. The number of hydrogen-bond donors (Lipinski definition) is 1. The smallest absolute Gasteiger partial charge is 0.418 e. The summed E-state index contributed by atoms with van der Waals surface area (Å²) in [4.78, 5) is 12.3. The maximum atomic E-state index is 13.1. The summed E-state index contributed by atoms with van der Waals surface area (Å²) in [5, 5.41) is 8.83. The van der Waals surface area contributed by atoms with Gasteiger partial charge in [0.15, 0.2) is 0 Å². The molecule has 0 aliphatic heterocycles. The highest BCUT2D eigenvalue weighted by Gasteiger charge is 2.35. The van der Waals surface area contributed by atoms with Gasteiger partial charge >= 0.3 is 12.1 Å². The molecule has 0 radical (unpaired) electrons. The fraction of sp³-hybridized carbons (Fsp3) is 0.357. The Labute approximate surface area is 120 Å². The number of halogens is 3. The van der Waals surface area contributed by atoms with Crippen LogP contribution in [0.1, 0.15) is 15.9 Å². The van der Waals surface area contributed by atoms with Crippen LogP contribution in [0.4, 0.5) is 18.9 Å². The number of carboxylic acid groups (broad SMARTS) is 1. The third kappa shape index (κ3) is 4.49. The van der Waals surface area contributed by atoms with Gasteiger partial charge in [0.25, 0.3) is 0 Å². The van der Waals surface area contributed by atoms with Gasteiger partial charge in [-0.2, -0.15) is 13.2 Å². The summed E-state index contributed by atoms with van der Waals surface area (Å²) in [5.74, 6) is -1.40. The van der Waals surface area contributed by atoms with Crippen molar-refractivity contribution in [3.8, 4) is 0 Å². The van der Waals surface area contributed by atoms with Crippen LogP contribution < -0.4 is 4.90 Å². The minimum atomic E-state index is -4.65. The number of anilines is 1. The summed E-state index contributed by atoms with van der Waals surface area (Å²) >= 11 is 0. The molecule has 0 amide bonds. The number of benzene rings is 1. The van der Waals surface area contributed by atoms with Crippen molar-refractivity contribution in [3.63, 3.8) is 0 Å². The lowest BCUT2D eigenvalue weighted by molar-refractivity contribution is -0.137. The molecule has 1 aromatic rings. The van der Waals surface area contributed by atoms with Crippen LogP contribution in [0.2, 0.25) is 0 Å². The number of carbonyl (C=O) groups is 1. The number of hydrogen-bond acceptors (Lipinski definition) is 3. The standard InChI is InChI=1S/C14H16F3NO3/c1-3-6-18(7-8-21-2)12-5-4-10(13(19)20)9-11(12)14(15,16)17/h3-5,9H,1,6-8H2,2H3,(H,19,20). The van der Waals surface area contributed by atoms with Crippen LogP contribution in [0, 0.1) is 0 Å². The van der Waals surface area contributed by atoms with E-state index in [4.69, 9.17) is 9.84 Å². The Bertz CT molecular complexity index is 515. The van der Waals surface area contributed by atoms with Gasteiger partial charge in [0, 0.05) is 25.9 Å². The average Bonchev–Trinajstić information content (AvgIpc) is 2.41. The van der Waals surface area contributed by atoms with E-state index in [1.165, 1.54) is 18.1 Å². The molecule has 0 saturated heterocycles. The first-order valence-corrected chi connectivity index (χ1v) is 6.10. The zero-order valence-electron chi connectivity index (χ0n) is 11.5. The molecule has 116 valence electrons. The number of nitrogens with zero attached hydrogens (tertiary/aromatic N) is 1. The molecule has 1 rings (SSSR count). The Balaban J connectivity index is 3.30. The highest BCUT2D eigenvalue weighted by Crippen LogP contribution is 2.37. The van der Waals surface area contributed by atoms with Gasteiger partial charge < -0.3 is 14.7 Å². The fourth-order valence-electron chi connectivity index (χ4n) is 1.84. The third-order valence-electron chi connectivity index (χ3n) is 2.80. The van der Waals surface area contributed by atoms with Crippen LogP contribution in [0.3, 0.4) is 0 Å². The molecule has 4 nitrogen and oxygen atoms in total. The van der Waals surface area contributed by atoms with Crippen molar-refractivity contribution < 1.29 is 27.8 Å². The average molecular weight is 303 g/mol. The zero-order valence-corrected chi connectivity index (χ0v) is 11.5. The predicted molar refractivity (Wildman–Crippen MR) is 72.7 cm³/mol. The summed E-state index contributed by atoms with van der Waals surface area (Å²) in [6.07, 6.45) is -3.17. The lowest BCUT2D eigenvalue weighted by atomic mass is 10.1. The third-order valence-corrected chi connectivity index (χ3v) is 2.80. The molecular weight excluding hydrogens is 287 g/mol. The first kappa shape index (κ1) is 17.0. The Morgan fingerprint density at radius 2 is 2.14 bits per heavy atom. The Morgan fingerprint density at radius 1 is 1.48 bits per heavy atom. The van der Waals surface area contributed by atoms with Crippen molar-refractivity contribution in [2.45, 2.75) is 6.18 Å². The van der Waals surface area contributed by atoms with E-state index in [1.54, 1.807) is 0 Å². The van der Waals surface area contributed by atoms with Crippen molar-refractivity contribution in [1.29, 1.82) is 0 Å². The number of alkyl halides is 3. The van der Waals surface area contributed by atoms with E-state index in [0.29, 0.717) is 6.07 Å².